The topological polar surface area (TPSA) is 29.1 Å². The standard InChI is InChI=1S/C13H15F2NO/c1-2-13(17)16-7-8-5-10(8)11-6-9(14)3-4-12(11)15/h3-4,6,8,10H,2,5,7H2,1H3,(H,16,17). The fourth-order valence-electron chi connectivity index (χ4n) is 2.02. The van der Waals surface area contributed by atoms with E-state index in [1.54, 1.807) is 6.92 Å². The highest BCUT2D eigenvalue weighted by atomic mass is 19.1. The van der Waals surface area contributed by atoms with Crippen LogP contribution in [0.15, 0.2) is 18.2 Å². The molecule has 0 aliphatic heterocycles. The average Bonchev–Trinajstić information content (AvgIpc) is 3.08. The Labute approximate surface area is 99.0 Å². The number of carbonyl (C=O) groups is 1. The Kier molecular flexibility index (Phi) is 3.41. The molecule has 0 heterocycles. The molecule has 4 heteroatoms. The van der Waals surface area contributed by atoms with Crippen molar-refractivity contribution in [1.82, 2.24) is 5.32 Å². The van der Waals surface area contributed by atoms with Crippen LogP contribution in [0.25, 0.3) is 0 Å². The molecule has 1 N–H and O–H groups in total. The summed E-state index contributed by atoms with van der Waals surface area (Å²) < 4.78 is 26.4. The second-order valence-electron chi connectivity index (χ2n) is 4.43. The Hall–Kier alpha value is -1.45. The van der Waals surface area contributed by atoms with Gasteiger partial charge in [-0.05, 0) is 42.0 Å². The number of nitrogens with one attached hydrogen (secondary N) is 1. The Bertz CT molecular complexity index is 433. The van der Waals surface area contributed by atoms with Gasteiger partial charge >= 0.3 is 0 Å². The van der Waals surface area contributed by atoms with E-state index in [-0.39, 0.29) is 23.6 Å². The Balaban J connectivity index is 1.93. The third-order valence-electron chi connectivity index (χ3n) is 3.16. The Morgan fingerprint density at radius 3 is 2.94 bits per heavy atom. The first-order valence-corrected chi connectivity index (χ1v) is 5.83. The van der Waals surface area contributed by atoms with E-state index in [0.717, 1.165) is 18.6 Å². The van der Waals surface area contributed by atoms with Crippen molar-refractivity contribution < 1.29 is 13.6 Å². The lowest BCUT2D eigenvalue weighted by molar-refractivity contribution is -0.120. The van der Waals surface area contributed by atoms with Crippen molar-refractivity contribution in [2.24, 2.45) is 5.92 Å². The molecule has 2 unspecified atom stereocenters. The minimum Gasteiger partial charge on any atom is -0.356 e. The van der Waals surface area contributed by atoms with E-state index >= 15 is 0 Å². The van der Waals surface area contributed by atoms with E-state index in [2.05, 4.69) is 5.32 Å². The largest absolute Gasteiger partial charge is 0.356 e. The predicted molar refractivity (Wildman–Crippen MR) is 60.5 cm³/mol. The summed E-state index contributed by atoms with van der Waals surface area (Å²) in [6, 6.07) is 3.53. The molecule has 2 atom stereocenters. The molecule has 0 saturated heterocycles. The van der Waals surface area contributed by atoms with Gasteiger partial charge in [-0.2, -0.15) is 0 Å². The van der Waals surface area contributed by atoms with Crippen LogP contribution in [0.1, 0.15) is 31.2 Å². The zero-order chi connectivity index (χ0) is 12.4. The van der Waals surface area contributed by atoms with Crippen LogP contribution in [-0.2, 0) is 4.79 Å². The van der Waals surface area contributed by atoms with Gasteiger partial charge in [0.05, 0.1) is 0 Å². The third kappa shape index (κ3) is 2.81. The van der Waals surface area contributed by atoms with Gasteiger partial charge in [-0.25, -0.2) is 8.78 Å². The molecule has 1 saturated carbocycles. The summed E-state index contributed by atoms with van der Waals surface area (Å²) in [5.41, 5.74) is 0.431. The molecule has 1 amide bonds. The fraction of sp³-hybridized carbons (Fsp3) is 0.462. The Morgan fingerprint density at radius 2 is 2.24 bits per heavy atom. The maximum atomic E-state index is 13.4. The second kappa shape index (κ2) is 4.82. The molecule has 2 nitrogen and oxygen atoms in total. The first-order chi connectivity index (χ1) is 8.11. The highest BCUT2D eigenvalue weighted by molar-refractivity contribution is 5.75. The highest BCUT2D eigenvalue weighted by Gasteiger charge is 2.39. The second-order valence-corrected chi connectivity index (χ2v) is 4.43. The molecule has 0 radical (unpaired) electrons. The maximum Gasteiger partial charge on any atom is 0.219 e. The van der Waals surface area contributed by atoms with Crippen molar-refractivity contribution in [3.8, 4) is 0 Å². The van der Waals surface area contributed by atoms with Crippen LogP contribution in [0.3, 0.4) is 0 Å². The van der Waals surface area contributed by atoms with Gasteiger partial charge in [0.15, 0.2) is 0 Å². The van der Waals surface area contributed by atoms with Crippen LogP contribution in [0.4, 0.5) is 8.78 Å². The van der Waals surface area contributed by atoms with Gasteiger partial charge in [-0.1, -0.05) is 6.92 Å². The summed E-state index contributed by atoms with van der Waals surface area (Å²) >= 11 is 0. The number of benzene rings is 1. The summed E-state index contributed by atoms with van der Waals surface area (Å²) in [6.07, 6.45) is 1.26. The summed E-state index contributed by atoms with van der Waals surface area (Å²) in [5, 5.41) is 2.77. The third-order valence-corrected chi connectivity index (χ3v) is 3.16. The molecule has 17 heavy (non-hydrogen) atoms. The molecular formula is C13H15F2NO. The molecule has 2 rings (SSSR count). The summed E-state index contributed by atoms with van der Waals surface area (Å²) in [4.78, 5) is 11.1. The van der Waals surface area contributed by atoms with Gasteiger partial charge in [0.25, 0.3) is 0 Å². The molecular weight excluding hydrogens is 224 g/mol. The predicted octanol–water partition coefficient (Wildman–Crippen LogP) is 2.59. The van der Waals surface area contributed by atoms with Crippen LogP contribution in [0, 0.1) is 17.6 Å². The van der Waals surface area contributed by atoms with Crippen molar-refractivity contribution in [3.05, 3.63) is 35.4 Å². The zero-order valence-corrected chi connectivity index (χ0v) is 9.67. The molecule has 0 spiro atoms. The molecule has 0 aromatic heterocycles. The first kappa shape index (κ1) is 12.0. The molecule has 92 valence electrons. The monoisotopic (exact) mass is 239 g/mol. The lowest BCUT2D eigenvalue weighted by Gasteiger charge is -2.04. The van der Waals surface area contributed by atoms with Crippen molar-refractivity contribution in [2.75, 3.05) is 6.54 Å². The van der Waals surface area contributed by atoms with Crippen LogP contribution in [-0.4, -0.2) is 12.5 Å². The number of hydrogen-bond acceptors (Lipinski definition) is 1. The summed E-state index contributed by atoms with van der Waals surface area (Å²) in [7, 11) is 0. The van der Waals surface area contributed by atoms with Crippen molar-refractivity contribution in [3.63, 3.8) is 0 Å². The lowest BCUT2D eigenvalue weighted by Crippen LogP contribution is -2.24. The molecule has 1 aromatic carbocycles. The van der Waals surface area contributed by atoms with E-state index in [1.807, 2.05) is 0 Å². The summed E-state index contributed by atoms with van der Waals surface area (Å²) in [6.45, 7) is 2.33. The number of halogens is 2. The molecule has 1 aliphatic rings. The van der Waals surface area contributed by atoms with Crippen LogP contribution >= 0.6 is 0 Å². The van der Waals surface area contributed by atoms with Crippen LogP contribution < -0.4 is 5.32 Å². The van der Waals surface area contributed by atoms with Crippen LogP contribution in [0.2, 0.25) is 0 Å². The number of amides is 1. The molecule has 1 fully saturated rings. The van der Waals surface area contributed by atoms with Crippen molar-refractivity contribution in [2.45, 2.75) is 25.7 Å². The van der Waals surface area contributed by atoms with Gasteiger partial charge in [0, 0.05) is 13.0 Å². The van der Waals surface area contributed by atoms with E-state index in [1.165, 1.54) is 6.07 Å². The van der Waals surface area contributed by atoms with Gasteiger partial charge < -0.3 is 5.32 Å². The molecule has 1 aliphatic carbocycles. The smallest absolute Gasteiger partial charge is 0.219 e. The number of carbonyl (C=O) groups excluding carboxylic acids is 1. The molecule has 0 bridgehead atoms. The van der Waals surface area contributed by atoms with Gasteiger partial charge in [-0.15, -0.1) is 0 Å². The van der Waals surface area contributed by atoms with E-state index in [4.69, 9.17) is 0 Å². The SMILES string of the molecule is CCC(=O)NCC1CC1c1cc(F)ccc1F. The lowest BCUT2D eigenvalue weighted by atomic mass is 10.1. The number of hydrogen-bond donors (Lipinski definition) is 1. The van der Waals surface area contributed by atoms with Gasteiger partial charge in [0.1, 0.15) is 11.6 Å². The normalized spacial score (nSPS) is 22.3. The molecule has 1 aromatic rings. The van der Waals surface area contributed by atoms with E-state index < -0.39 is 5.82 Å². The number of rotatable bonds is 4. The minimum atomic E-state index is -0.412. The first-order valence-electron chi connectivity index (χ1n) is 5.83. The van der Waals surface area contributed by atoms with Crippen LogP contribution in [0.5, 0.6) is 0 Å². The van der Waals surface area contributed by atoms with E-state index in [0.29, 0.717) is 18.5 Å². The summed E-state index contributed by atoms with van der Waals surface area (Å²) in [5.74, 6) is -0.495. The average molecular weight is 239 g/mol. The Morgan fingerprint density at radius 1 is 1.47 bits per heavy atom. The highest BCUT2D eigenvalue weighted by Crippen LogP contribution is 2.47. The zero-order valence-electron chi connectivity index (χ0n) is 9.67. The quantitative estimate of drug-likeness (QED) is 0.859. The maximum absolute atomic E-state index is 13.4. The van der Waals surface area contributed by atoms with Gasteiger partial charge in [-0.3, -0.25) is 4.79 Å². The minimum absolute atomic E-state index is 0.00429. The van der Waals surface area contributed by atoms with Gasteiger partial charge in [0.2, 0.25) is 5.91 Å². The van der Waals surface area contributed by atoms with E-state index in [9.17, 15) is 13.6 Å². The van der Waals surface area contributed by atoms with Crippen molar-refractivity contribution >= 4 is 5.91 Å². The fourth-order valence-corrected chi connectivity index (χ4v) is 2.02. The van der Waals surface area contributed by atoms with Crippen molar-refractivity contribution in [1.29, 1.82) is 0 Å².